The lowest BCUT2D eigenvalue weighted by Gasteiger charge is -2.07. The van der Waals surface area contributed by atoms with Gasteiger partial charge < -0.3 is 4.74 Å². The van der Waals surface area contributed by atoms with Crippen LogP contribution < -0.4 is 5.32 Å². The van der Waals surface area contributed by atoms with Gasteiger partial charge in [0.15, 0.2) is 0 Å². The molecule has 0 fully saturated rings. The number of hydrogen-bond acceptors (Lipinski definition) is 5. The maximum Gasteiger partial charge on any atom is 0.413 e. The minimum atomic E-state index is -0.667. The maximum atomic E-state index is 11.4. The first-order chi connectivity index (χ1) is 12.5. The molecule has 8 heteroatoms. The lowest BCUT2D eigenvalue weighted by atomic mass is 10.0. The van der Waals surface area contributed by atoms with E-state index in [0.29, 0.717) is 17.8 Å². The summed E-state index contributed by atoms with van der Waals surface area (Å²) in [6, 6.07) is 11.7. The number of nitrogens with zero attached hydrogens (tertiary/aromatic N) is 4. The zero-order chi connectivity index (χ0) is 18.7. The smallest absolute Gasteiger partial charge is 0.413 e. The van der Waals surface area contributed by atoms with Crippen LogP contribution in [0.1, 0.15) is 16.8 Å². The minimum absolute atomic E-state index is 0.0633. The molecule has 1 amide bonds. The van der Waals surface area contributed by atoms with E-state index < -0.39 is 6.09 Å². The van der Waals surface area contributed by atoms with Crippen LogP contribution in [0.3, 0.4) is 0 Å². The standard InChI is InChI=1S/C18H18ClN5O2/c1-11-13(9-12-7-5-4-6-8-12)16(23-24(11)2)14-10-15(19)21-17(20-14)22-18(25)26-3/h4-8,10H,9H2,1-3H3,(H,20,21,22,25). The molecule has 26 heavy (non-hydrogen) atoms. The van der Waals surface area contributed by atoms with Gasteiger partial charge >= 0.3 is 6.09 Å². The van der Waals surface area contributed by atoms with E-state index in [1.165, 1.54) is 7.11 Å². The first-order valence-corrected chi connectivity index (χ1v) is 8.32. The van der Waals surface area contributed by atoms with Crippen molar-refractivity contribution in [2.45, 2.75) is 13.3 Å². The zero-order valence-corrected chi connectivity index (χ0v) is 15.4. The number of hydrogen-bond donors (Lipinski definition) is 1. The van der Waals surface area contributed by atoms with E-state index in [1.54, 1.807) is 10.7 Å². The fraction of sp³-hybridized carbons (Fsp3) is 0.222. The Morgan fingerprint density at radius 1 is 1.27 bits per heavy atom. The molecule has 0 radical (unpaired) electrons. The second kappa shape index (κ2) is 7.53. The molecule has 3 aromatic rings. The van der Waals surface area contributed by atoms with Gasteiger partial charge in [0.25, 0.3) is 0 Å². The molecule has 7 nitrogen and oxygen atoms in total. The van der Waals surface area contributed by atoms with Gasteiger partial charge in [-0.3, -0.25) is 10.00 Å². The third-order valence-electron chi connectivity index (χ3n) is 4.02. The van der Waals surface area contributed by atoms with Gasteiger partial charge in [-0.05, 0) is 12.5 Å². The van der Waals surface area contributed by atoms with Crippen LogP contribution in [0.4, 0.5) is 10.7 Å². The van der Waals surface area contributed by atoms with Gasteiger partial charge in [0.2, 0.25) is 5.95 Å². The minimum Gasteiger partial charge on any atom is -0.453 e. The summed E-state index contributed by atoms with van der Waals surface area (Å²) in [5, 5.41) is 7.22. The van der Waals surface area contributed by atoms with Gasteiger partial charge in [-0.25, -0.2) is 14.8 Å². The van der Waals surface area contributed by atoms with Gasteiger partial charge in [-0.15, -0.1) is 0 Å². The average molecular weight is 372 g/mol. The Morgan fingerprint density at radius 3 is 2.69 bits per heavy atom. The third-order valence-corrected chi connectivity index (χ3v) is 4.21. The number of aryl methyl sites for hydroxylation is 1. The van der Waals surface area contributed by atoms with Crippen LogP contribution in [-0.4, -0.2) is 33.0 Å². The van der Waals surface area contributed by atoms with Crippen LogP contribution in [0.15, 0.2) is 36.4 Å². The summed E-state index contributed by atoms with van der Waals surface area (Å²) in [6.07, 6.45) is 0.0389. The predicted molar refractivity (Wildman–Crippen MR) is 99.3 cm³/mol. The highest BCUT2D eigenvalue weighted by Gasteiger charge is 2.18. The number of carbonyl (C=O) groups is 1. The SMILES string of the molecule is COC(=O)Nc1nc(Cl)cc(-c2nn(C)c(C)c2Cc2ccccc2)n1. The van der Waals surface area contributed by atoms with Crippen molar-refractivity contribution in [3.8, 4) is 11.4 Å². The van der Waals surface area contributed by atoms with Crippen molar-refractivity contribution in [3.05, 3.63) is 58.4 Å². The number of ether oxygens (including phenoxy) is 1. The summed E-state index contributed by atoms with van der Waals surface area (Å²) in [4.78, 5) is 19.8. The van der Waals surface area contributed by atoms with Crippen molar-refractivity contribution in [2.75, 3.05) is 12.4 Å². The summed E-state index contributed by atoms with van der Waals surface area (Å²) in [5.74, 6) is 0.0633. The molecule has 2 heterocycles. The predicted octanol–water partition coefficient (Wildman–Crippen LogP) is 3.61. The van der Waals surface area contributed by atoms with Crippen LogP contribution >= 0.6 is 11.6 Å². The Balaban J connectivity index is 2.04. The van der Waals surface area contributed by atoms with Gasteiger partial charge in [-0.2, -0.15) is 5.10 Å². The van der Waals surface area contributed by atoms with Gasteiger partial charge in [0, 0.05) is 30.8 Å². The molecule has 0 saturated carbocycles. The molecule has 0 aliphatic rings. The molecule has 0 atom stereocenters. The van der Waals surface area contributed by atoms with Crippen LogP contribution in [0, 0.1) is 6.92 Å². The molecule has 2 aromatic heterocycles. The van der Waals surface area contributed by atoms with Crippen molar-refractivity contribution in [1.82, 2.24) is 19.7 Å². The Hall–Kier alpha value is -2.93. The summed E-state index contributed by atoms with van der Waals surface area (Å²) in [6.45, 7) is 2.01. The van der Waals surface area contributed by atoms with Gasteiger partial charge in [0.1, 0.15) is 10.8 Å². The lowest BCUT2D eigenvalue weighted by Crippen LogP contribution is -2.14. The summed E-state index contributed by atoms with van der Waals surface area (Å²) >= 11 is 6.11. The molecule has 0 unspecified atom stereocenters. The summed E-state index contributed by atoms with van der Waals surface area (Å²) in [7, 11) is 3.14. The molecule has 3 rings (SSSR count). The number of carbonyl (C=O) groups excluding carboxylic acids is 1. The number of aromatic nitrogens is 4. The second-order valence-electron chi connectivity index (χ2n) is 5.71. The Labute approximate surface area is 156 Å². The molecule has 0 saturated heterocycles. The number of halogens is 1. The van der Waals surface area contributed by atoms with Crippen molar-refractivity contribution in [2.24, 2.45) is 7.05 Å². The van der Waals surface area contributed by atoms with Crippen LogP contribution in [0.25, 0.3) is 11.4 Å². The van der Waals surface area contributed by atoms with Gasteiger partial charge in [0.05, 0.1) is 12.8 Å². The Kier molecular flexibility index (Phi) is 5.18. The fourth-order valence-corrected chi connectivity index (χ4v) is 2.79. The van der Waals surface area contributed by atoms with E-state index in [1.807, 2.05) is 32.2 Å². The van der Waals surface area contributed by atoms with Gasteiger partial charge in [-0.1, -0.05) is 41.9 Å². The molecule has 0 aliphatic carbocycles. The number of benzene rings is 1. The topological polar surface area (TPSA) is 81.9 Å². The van der Waals surface area contributed by atoms with Crippen molar-refractivity contribution < 1.29 is 9.53 Å². The van der Waals surface area contributed by atoms with Crippen molar-refractivity contribution in [1.29, 1.82) is 0 Å². The van der Waals surface area contributed by atoms with Crippen LogP contribution in [-0.2, 0) is 18.2 Å². The lowest BCUT2D eigenvalue weighted by molar-refractivity contribution is 0.186. The zero-order valence-electron chi connectivity index (χ0n) is 14.7. The van der Waals surface area contributed by atoms with E-state index in [-0.39, 0.29) is 11.1 Å². The van der Waals surface area contributed by atoms with Crippen molar-refractivity contribution in [3.63, 3.8) is 0 Å². The summed E-state index contributed by atoms with van der Waals surface area (Å²) in [5.41, 5.74) is 4.47. The first-order valence-electron chi connectivity index (χ1n) is 7.94. The first kappa shape index (κ1) is 17.9. The Bertz CT molecular complexity index is 940. The molecule has 0 aliphatic heterocycles. The molecule has 0 bridgehead atoms. The Morgan fingerprint density at radius 2 is 2.00 bits per heavy atom. The number of rotatable bonds is 4. The van der Waals surface area contributed by atoms with E-state index in [4.69, 9.17) is 11.6 Å². The number of nitrogens with one attached hydrogen (secondary N) is 1. The van der Waals surface area contributed by atoms with E-state index in [9.17, 15) is 4.79 Å². The molecule has 134 valence electrons. The second-order valence-corrected chi connectivity index (χ2v) is 6.10. The van der Waals surface area contributed by atoms with E-state index in [2.05, 4.69) is 37.3 Å². The highest BCUT2D eigenvalue weighted by atomic mass is 35.5. The average Bonchev–Trinajstić information content (AvgIpc) is 2.90. The molecule has 1 aromatic carbocycles. The van der Waals surface area contributed by atoms with E-state index in [0.717, 1.165) is 16.8 Å². The largest absolute Gasteiger partial charge is 0.453 e. The number of amides is 1. The van der Waals surface area contributed by atoms with Crippen LogP contribution in [0.5, 0.6) is 0 Å². The normalized spacial score (nSPS) is 10.6. The number of methoxy groups -OCH3 is 1. The fourth-order valence-electron chi connectivity index (χ4n) is 2.61. The monoisotopic (exact) mass is 371 g/mol. The number of anilines is 1. The molecule has 1 N–H and O–H groups in total. The third kappa shape index (κ3) is 3.83. The quantitative estimate of drug-likeness (QED) is 0.708. The molecule has 0 spiro atoms. The maximum absolute atomic E-state index is 11.4. The molecular formula is C18H18ClN5O2. The summed E-state index contributed by atoms with van der Waals surface area (Å²) < 4.78 is 6.38. The highest BCUT2D eigenvalue weighted by Crippen LogP contribution is 2.28. The van der Waals surface area contributed by atoms with Crippen molar-refractivity contribution >= 4 is 23.6 Å². The van der Waals surface area contributed by atoms with E-state index >= 15 is 0 Å². The highest BCUT2D eigenvalue weighted by molar-refractivity contribution is 6.29. The van der Waals surface area contributed by atoms with Crippen LogP contribution in [0.2, 0.25) is 5.15 Å². The molecular weight excluding hydrogens is 354 g/mol.